The van der Waals surface area contributed by atoms with E-state index in [1.54, 1.807) is 12.4 Å². The molecule has 2 aromatic heterocycles. The number of para-hydroxylation sites is 2. The van der Waals surface area contributed by atoms with Crippen molar-refractivity contribution in [2.75, 3.05) is 6.61 Å². The van der Waals surface area contributed by atoms with Crippen molar-refractivity contribution in [3.05, 3.63) is 72.1 Å². The number of nitrogens with two attached hydrogens (primary N) is 1. The fourth-order valence-electron chi connectivity index (χ4n) is 4.41. The van der Waals surface area contributed by atoms with Gasteiger partial charge in [-0.1, -0.05) is 36.4 Å². The highest BCUT2D eigenvalue weighted by Crippen LogP contribution is 2.20. The van der Waals surface area contributed by atoms with Gasteiger partial charge in [-0.25, -0.2) is 0 Å². The Morgan fingerprint density at radius 1 is 0.846 bits per heavy atom. The number of aromatic nitrogens is 2. The summed E-state index contributed by atoms with van der Waals surface area (Å²) < 4.78 is 0. The number of carbonyl (C=O) groups excluding carboxylic acids is 4. The second-order valence-electron chi connectivity index (χ2n) is 9.39. The van der Waals surface area contributed by atoms with Crippen LogP contribution in [0, 0.1) is 0 Å². The van der Waals surface area contributed by atoms with E-state index in [9.17, 15) is 24.3 Å². The van der Waals surface area contributed by atoms with Crippen molar-refractivity contribution >= 4 is 45.8 Å². The van der Waals surface area contributed by atoms with Crippen LogP contribution in [0.3, 0.4) is 0 Å². The van der Waals surface area contributed by atoms with Crippen molar-refractivity contribution in [3.8, 4) is 0 Å². The molecule has 203 valence electrons. The highest BCUT2D eigenvalue weighted by atomic mass is 16.3. The van der Waals surface area contributed by atoms with Gasteiger partial charge in [0, 0.05) is 47.0 Å². The molecule has 2 heterocycles. The number of aromatic amines is 2. The van der Waals surface area contributed by atoms with E-state index < -0.39 is 48.5 Å². The molecule has 2 aromatic carbocycles. The largest absolute Gasteiger partial charge is 0.394 e. The fraction of sp³-hybridized carbons (Fsp3) is 0.286. The lowest BCUT2D eigenvalue weighted by Gasteiger charge is -2.23. The number of rotatable bonds is 12. The second kappa shape index (κ2) is 12.4. The number of aliphatic hydroxyl groups is 1. The summed E-state index contributed by atoms with van der Waals surface area (Å²) in [6.07, 6.45) is 5.71. The molecule has 0 fully saturated rings. The van der Waals surface area contributed by atoms with E-state index in [1.807, 2.05) is 54.8 Å². The van der Waals surface area contributed by atoms with Crippen molar-refractivity contribution in [2.45, 2.75) is 43.9 Å². The zero-order valence-electron chi connectivity index (χ0n) is 21.4. The first-order valence-electron chi connectivity index (χ1n) is 12.6. The molecule has 0 aliphatic rings. The van der Waals surface area contributed by atoms with E-state index >= 15 is 0 Å². The normalized spacial score (nSPS) is 14.3. The third-order valence-corrected chi connectivity index (χ3v) is 6.58. The third-order valence-electron chi connectivity index (χ3n) is 6.58. The van der Waals surface area contributed by atoms with Gasteiger partial charge in [-0.15, -0.1) is 0 Å². The molecule has 3 amide bonds. The van der Waals surface area contributed by atoms with Gasteiger partial charge in [-0.2, -0.15) is 0 Å². The Hall–Kier alpha value is -4.48. The van der Waals surface area contributed by atoms with Gasteiger partial charge in [0.1, 0.15) is 18.1 Å². The number of fused-ring (bicyclic) bond motifs is 2. The number of nitrogens with one attached hydrogen (secondary N) is 5. The van der Waals surface area contributed by atoms with Gasteiger partial charge in [0.2, 0.25) is 24.0 Å². The summed E-state index contributed by atoms with van der Waals surface area (Å²) in [4.78, 5) is 56.4. The molecular formula is C28H31N6O5. The van der Waals surface area contributed by atoms with E-state index in [0.717, 1.165) is 32.9 Å². The molecule has 0 saturated carbocycles. The summed E-state index contributed by atoms with van der Waals surface area (Å²) in [5, 5.41) is 18.9. The van der Waals surface area contributed by atoms with Gasteiger partial charge in [0.15, 0.2) is 0 Å². The van der Waals surface area contributed by atoms with Crippen molar-refractivity contribution < 1.29 is 24.3 Å². The summed E-state index contributed by atoms with van der Waals surface area (Å²) in [6.45, 7) is 0.886. The highest BCUT2D eigenvalue weighted by Gasteiger charge is 2.28. The number of aliphatic hydroxyl groups excluding tert-OH is 1. The van der Waals surface area contributed by atoms with Gasteiger partial charge < -0.3 is 36.8 Å². The van der Waals surface area contributed by atoms with Gasteiger partial charge in [0.25, 0.3) is 0 Å². The van der Waals surface area contributed by atoms with Gasteiger partial charge in [0.05, 0.1) is 12.6 Å². The molecular weight excluding hydrogens is 500 g/mol. The monoisotopic (exact) mass is 531 g/mol. The van der Waals surface area contributed by atoms with Crippen LogP contribution in [0.4, 0.5) is 0 Å². The van der Waals surface area contributed by atoms with Gasteiger partial charge >= 0.3 is 0 Å². The van der Waals surface area contributed by atoms with Crippen LogP contribution < -0.4 is 21.7 Å². The number of hydrogen-bond donors (Lipinski definition) is 7. The minimum Gasteiger partial charge on any atom is -0.394 e. The molecule has 4 atom stereocenters. The van der Waals surface area contributed by atoms with Crippen molar-refractivity contribution in [3.63, 3.8) is 0 Å². The first kappa shape index (κ1) is 27.6. The standard InChI is InChI=1S/C28H31N6O5/c1-16(26(37)33-19(14-35)10-17-12-30-23-8-4-2-6-20(17)23)32-28(39)25(34-27(38)22(29)15-36)11-18-13-31-24-9-5-3-7-21(18)24/h2-9,12-13,16,19,22,25,30-31,36H,10-11,15,29H2,1H3,(H,32,39)(H,33,37)(H,34,38)/t16-,19-,22-,25-/m0/s1. The van der Waals surface area contributed by atoms with Crippen LogP contribution in [0.15, 0.2) is 60.9 Å². The lowest BCUT2D eigenvalue weighted by Crippen LogP contribution is -2.57. The van der Waals surface area contributed by atoms with Crippen molar-refractivity contribution in [1.82, 2.24) is 25.9 Å². The molecule has 0 aliphatic heterocycles. The minimum absolute atomic E-state index is 0.110. The molecule has 0 saturated heterocycles. The third kappa shape index (κ3) is 6.51. The van der Waals surface area contributed by atoms with E-state index in [2.05, 4.69) is 25.9 Å². The van der Waals surface area contributed by atoms with Crippen LogP contribution in [0.1, 0.15) is 18.1 Å². The van der Waals surface area contributed by atoms with E-state index in [0.29, 0.717) is 0 Å². The number of hydrogen-bond acceptors (Lipinski definition) is 6. The first-order chi connectivity index (χ1) is 18.8. The summed E-state index contributed by atoms with van der Waals surface area (Å²) >= 11 is 0. The molecule has 0 aliphatic carbocycles. The Kier molecular flexibility index (Phi) is 8.74. The Morgan fingerprint density at radius 3 is 1.97 bits per heavy atom. The molecule has 11 nitrogen and oxygen atoms in total. The number of benzene rings is 2. The van der Waals surface area contributed by atoms with Crippen LogP contribution >= 0.6 is 0 Å². The average Bonchev–Trinajstić information content (AvgIpc) is 3.55. The maximum atomic E-state index is 13.2. The summed E-state index contributed by atoms with van der Waals surface area (Å²) in [7, 11) is 0. The zero-order valence-corrected chi connectivity index (χ0v) is 21.4. The SMILES string of the molecule is C[C@H](NC(=O)[C@H](Cc1c[nH]c2ccccc12)NC(=O)[C@@H](N)CO)C(=O)N[C@H]([C]=O)Cc1c[nH]c2ccccc12. The summed E-state index contributed by atoms with van der Waals surface area (Å²) in [5.41, 5.74) is 9.03. The minimum atomic E-state index is -1.21. The Balaban J connectivity index is 1.43. The molecule has 4 aromatic rings. The van der Waals surface area contributed by atoms with Crippen LogP contribution in [0.5, 0.6) is 0 Å². The van der Waals surface area contributed by atoms with Crippen LogP contribution in [-0.2, 0) is 32.0 Å². The quantitative estimate of drug-likeness (QED) is 0.138. The lowest BCUT2D eigenvalue weighted by atomic mass is 10.0. The predicted octanol–water partition coefficient (Wildman–Crippen LogP) is 0.338. The maximum Gasteiger partial charge on any atom is 0.243 e. The Morgan fingerprint density at radius 2 is 1.41 bits per heavy atom. The smallest absolute Gasteiger partial charge is 0.243 e. The Bertz CT molecular complexity index is 1480. The molecule has 0 unspecified atom stereocenters. The molecule has 8 N–H and O–H groups in total. The zero-order chi connectivity index (χ0) is 27.9. The first-order valence-corrected chi connectivity index (χ1v) is 12.6. The number of carbonyl (C=O) groups is 3. The highest BCUT2D eigenvalue weighted by molar-refractivity contribution is 5.94. The maximum absolute atomic E-state index is 13.2. The second-order valence-corrected chi connectivity index (χ2v) is 9.39. The molecule has 11 heteroatoms. The molecule has 0 bridgehead atoms. The van der Waals surface area contributed by atoms with Crippen LogP contribution in [0.2, 0.25) is 0 Å². The van der Waals surface area contributed by atoms with Crippen LogP contribution in [0.25, 0.3) is 21.8 Å². The van der Waals surface area contributed by atoms with Gasteiger partial charge in [-0.05, 0) is 30.2 Å². The lowest BCUT2D eigenvalue weighted by molar-refractivity contribution is -0.132. The molecule has 4 rings (SSSR count). The van der Waals surface area contributed by atoms with E-state index in [-0.39, 0.29) is 12.8 Å². The van der Waals surface area contributed by atoms with Gasteiger partial charge in [-0.3, -0.25) is 19.2 Å². The fourth-order valence-corrected chi connectivity index (χ4v) is 4.41. The molecule has 0 spiro atoms. The molecule has 1 radical (unpaired) electrons. The van der Waals surface area contributed by atoms with Crippen molar-refractivity contribution in [2.24, 2.45) is 5.73 Å². The number of amides is 3. The van der Waals surface area contributed by atoms with E-state index in [1.165, 1.54) is 6.92 Å². The topological polar surface area (TPSA) is 182 Å². The summed E-state index contributed by atoms with van der Waals surface area (Å²) in [5.74, 6) is -1.91. The Labute approximate surface area is 224 Å². The van der Waals surface area contributed by atoms with E-state index in [4.69, 9.17) is 5.73 Å². The predicted molar refractivity (Wildman–Crippen MR) is 146 cm³/mol. The van der Waals surface area contributed by atoms with Crippen molar-refractivity contribution in [1.29, 1.82) is 0 Å². The van der Waals surface area contributed by atoms with Crippen LogP contribution in [-0.4, -0.2) is 69.9 Å². The summed E-state index contributed by atoms with van der Waals surface area (Å²) in [6, 6.07) is 10.9. The average molecular weight is 532 g/mol. The number of H-pyrrole nitrogens is 2. The molecule has 39 heavy (non-hydrogen) atoms.